The topological polar surface area (TPSA) is 115 Å². The van der Waals surface area contributed by atoms with Gasteiger partial charge in [0.15, 0.2) is 6.29 Å². The highest BCUT2D eigenvalue weighted by Crippen LogP contribution is 2.43. The average Bonchev–Trinajstić information content (AvgIpc) is 3.38. The van der Waals surface area contributed by atoms with E-state index in [1.165, 1.54) is 0 Å². The van der Waals surface area contributed by atoms with Gasteiger partial charge in [0.05, 0.1) is 25.5 Å². The summed E-state index contributed by atoms with van der Waals surface area (Å²) >= 11 is 0. The van der Waals surface area contributed by atoms with Crippen molar-refractivity contribution in [1.29, 1.82) is 0 Å². The van der Waals surface area contributed by atoms with E-state index in [0.717, 1.165) is 48.3 Å². The van der Waals surface area contributed by atoms with Crippen molar-refractivity contribution >= 4 is 23.3 Å². The lowest BCUT2D eigenvalue weighted by molar-refractivity contribution is -0.276. The van der Waals surface area contributed by atoms with Crippen LogP contribution in [0.4, 0.5) is 16.2 Å². The molecule has 238 valence electrons. The molecule has 6 rings (SSSR count). The molecule has 3 fully saturated rings. The van der Waals surface area contributed by atoms with Crippen LogP contribution in [0.15, 0.2) is 78.9 Å². The van der Waals surface area contributed by atoms with Crippen LogP contribution in [0.25, 0.3) is 0 Å². The van der Waals surface area contributed by atoms with Crippen molar-refractivity contribution in [3.05, 3.63) is 95.6 Å². The first-order valence-electron chi connectivity index (χ1n) is 15.9. The number of para-hydroxylation sites is 1. The van der Waals surface area contributed by atoms with E-state index in [-0.39, 0.29) is 36.7 Å². The number of aliphatic hydroxyl groups is 1. The zero-order valence-electron chi connectivity index (χ0n) is 25.9. The number of nitrogens with zero attached hydrogens (tertiary/aromatic N) is 2. The van der Waals surface area contributed by atoms with E-state index in [2.05, 4.69) is 44.8 Å². The number of anilines is 2. The first kappa shape index (κ1) is 31.0. The SMILES string of the molecule is CCNC(=O)Nc1cccc(C2OC(CN3CCC4(CC3)C(=O)NCN4c3ccccc3)C(C)C(c3ccc(CO)cc3)O2)c1. The molecule has 0 saturated carbocycles. The minimum absolute atomic E-state index is 0.0166. The van der Waals surface area contributed by atoms with Gasteiger partial charge in [-0.1, -0.05) is 61.5 Å². The minimum Gasteiger partial charge on any atom is -0.392 e. The fourth-order valence-electron chi connectivity index (χ4n) is 6.82. The van der Waals surface area contributed by atoms with Gasteiger partial charge in [0, 0.05) is 49.0 Å². The van der Waals surface area contributed by atoms with Crippen LogP contribution in [0.5, 0.6) is 0 Å². The summed E-state index contributed by atoms with van der Waals surface area (Å²) in [5, 5.41) is 18.3. The van der Waals surface area contributed by atoms with E-state index < -0.39 is 11.8 Å². The first-order chi connectivity index (χ1) is 21.9. The summed E-state index contributed by atoms with van der Waals surface area (Å²) in [6.07, 6.45) is 0.424. The zero-order chi connectivity index (χ0) is 31.4. The highest BCUT2D eigenvalue weighted by Gasteiger charge is 2.51. The lowest BCUT2D eigenvalue weighted by Crippen LogP contribution is -2.57. The minimum atomic E-state index is -0.644. The maximum Gasteiger partial charge on any atom is 0.319 e. The number of carbonyl (C=O) groups excluding carboxylic acids is 2. The highest BCUT2D eigenvalue weighted by molar-refractivity contribution is 5.93. The smallest absolute Gasteiger partial charge is 0.319 e. The van der Waals surface area contributed by atoms with Gasteiger partial charge in [-0.3, -0.25) is 4.79 Å². The largest absolute Gasteiger partial charge is 0.392 e. The van der Waals surface area contributed by atoms with E-state index in [4.69, 9.17) is 9.47 Å². The Morgan fingerprint density at radius 3 is 2.47 bits per heavy atom. The Bertz CT molecular complexity index is 1460. The number of amides is 3. The second kappa shape index (κ2) is 13.6. The van der Waals surface area contributed by atoms with Crippen LogP contribution in [0.1, 0.15) is 55.8 Å². The molecule has 0 radical (unpaired) electrons. The number of ether oxygens (including phenoxy) is 2. The molecule has 4 N–H and O–H groups in total. The maximum absolute atomic E-state index is 13.2. The van der Waals surface area contributed by atoms with Gasteiger partial charge in [0.25, 0.3) is 0 Å². The van der Waals surface area contributed by atoms with Gasteiger partial charge in [-0.15, -0.1) is 0 Å². The van der Waals surface area contributed by atoms with E-state index in [1.54, 1.807) is 0 Å². The van der Waals surface area contributed by atoms with Crippen LogP contribution in [-0.4, -0.2) is 66.4 Å². The second-order valence-electron chi connectivity index (χ2n) is 12.2. The number of likely N-dealkylation sites (tertiary alicyclic amines) is 1. The summed E-state index contributed by atoms with van der Waals surface area (Å²) in [6, 6.07) is 25.4. The number of carbonyl (C=O) groups is 2. The number of hydrogen-bond acceptors (Lipinski definition) is 7. The third-order valence-corrected chi connectivity index (χ3v) is 9.40. The molecule has 4 unspecified atom stereocenters. The number of rotatable bonds is 8. The first-order valence-corrected chi connectivity index (χ1v) is 15.9. The molecule has 3 heterocycles. The van der Waals surface area contributed by atoms with Gasteiger partial charge >= 0.3 is 6.03 Å². The van der Waals surface area contributed by atoms with Crippen LogP contribution >= 0.6 is 0 Å². The summed E-state index contributed by atoms with van der Waals surface area (Å²) < 4.78 is 13.3. The third kappa shape index (κ3) is 6.55. The standard InChI is InChI=1S/C35H43N5O5/c1-3-36-34(43)38-28-9-7-8-27(20-28)32-44-30(24(2)31(45-32)26-14-12-25(22-41)13-15-26)21-39-18-16-35(17-19-39)33(42)37-23-40(35)29-10-5-4-6-11-29/h4-15,20,24,30-32,41H,3,16-19,21-23H2,1-2H3,(H,37,42)(H2,36,38,43). The molecular formula is C35H43N5O5. The van der Waals surface area contributed by atoms with E-state index in [0.29, 0.717) is 25.4 Å². The molecule has 3 saturated heterocycles. The monoisotopic (exact) mass is 613 g/mol. The number of benzene rings is 3. The van der Waals surface area contributed by atoms with Crippen LogP contribution in [-0.2, 0) is 20.9 Å². The highest BCUT2D eigenvalue weighted by atomic mass is 16.7. The molecule has 0 aliphatic carbocycles. The van der Waals surface area contributed by atoms with Gasteiger partial charge in [-0.05, 0) is 55.2 Å². The summed E-state index contributed by atoms with van der Waals surface area (Å²) in [5.41, 5.74) is 3.86. The lowest BCUT2D eigenvalue weighted by Gasteiger charge is -2.46. The Kier molecular flexibility index (Phi) is 9.37. The van der Waals surface area contributed by atoms with Crippen LogP contribution < -0.4 is 20.9 Å². The second-order valence-corrected chi connectivity index (χ2v) is 12.2. The third-order valence-electron chi connectivity index (χ3n) is 9.40. The molecule has 45 heavy (non-hydrogen) atoms. The molecule has 3 aromatic carbocycles. The molecule has 0 aromatic heterocycles. The molecule has 10 heteroatoms. The quantitative estimate of drug-likeness (QED) is 0.295. The van der Waals surface area contributed by atoms with Gasteiger partial charge in [-0.2, -0.15) is 0 Å². The molecular weight excluding hydrogens is 570 g/mol. The number of aliphatic hydroxyl groups excluding tert-OH is 1. The van der Waals surface area contributed by atoms with Crippen LogP contribution in [0, 0.1) is 5.92 Å². The van der Waals surface area contributed by atoms with Gasteiger partial charge in [0.2, 0.25) is 5.91 Å². The maximum atomic E-state index is 13.2. The normalized spacial score (nSPS) is 24.8. The fraction of sp³-hybridized carbons (Fsp3) is 0.429. The summed E-state index contributed by atoms with van der Waals surface area (Å²) in [7, 11) is 0. The Hall–Kier alpha value is -3.96. The number of hydrogen-bond donors (Lipinski definition) is 4. The van der Waals surface area contributed by atoms with Gasteiger partial charge in [0.1, 0.15) is 5.54 Å². The molecule has 1 spiro atoms. The summed E-state index contributed by atoms with van der Waals surface area (Å²) in [5.74, 6) is 0.138. The van der Waals surface area contributed by atoms with Crippen LogP contribution in [0.3, 0.4) is 0 Å². The zero-order valence-corrected chi connectivity index (χ0v) is 25.9. The van der Waals surface area contributed by atoms with E-state index in [9.17, 15) is 14.7 Å². The average molecular weight is 614 g/mol. The Labute approximate surface area is 264 Å². The van der Waals surface area contributed by atoms with Crippen LogP contribution in [0.2, 0.25) is 0 Å². The molecule has 10 nitrogen and oxygen atoms in total. The Morgan fingerprint density at radius 2 is 1.76 bits per heavy atom. The van der Waals surface area contributed by atoms with Crippen molar-refractivity contribution in [2.24, 2.45) is 5.92 Å². The molecule has 4 atom stereocenters. The molecule has 3 aliphatic rings. The summed E-state index contributed by atoms with van der Waals surface area (Å²) in [6.45, 7) is 7.32. The van der Waals surface area contributed by atoms with Crippen molar-refractivity contribution in [3.8, 4) is 0 Å². The van der Waals surface area contributed by atoms with E-state index in [1.807, 2.05) is 73.7 Å². The molecule has 3 aromatic rings. The van der Waals surface area contributed by atoms with Crippen molar-refractivity contribution < 1.29 is 24.2 Å². The van der Waals surface area contributed by atoms with Gasteiger partial charge in [-0.25, -0.2) is 4.79 Å². The lowest BCUT2D eigenvalue weighted by atomic mass is 9.84. The van der Waals surface area contributed by atoms with Gasteiger partial charge < -0.3 is 40.3 Å². The summed E-state index contributed by atoms with van der Waals surface area (Å²) in [4.78, 5) is 30.0. The molecule has 0 bridgehead atoms. The fourth-order valence-corrected chi connectivity index (χ4v) is 6.82. The van der Waals surface area contributed by atoms with Crippen molar-refractivity contribution in [2.45, 2.75) is 57.3 Å². The van der Waals surface area contributed by atoms with Crippen molar-refractivity contribution in [1.82, 2.24) is 15.5 Å². The number of piperidine rings is 1. The molecule has 3 amide bonds. The van der Waals surface area contributed by atoms with Crippen molar-refractivity contribution in [2.75, 3.05) is 43.1 Å². The van der Waals surface area contributed by atoms with Crippen molar-refractivity contribution in [3.63, 3.8) is 0 Å². The van der Waals surface area contributed by atoms with E-state index >= 15 is 0 Å². The predicted molar refractivity (Wildman–Crippen MR) is 172 cm³/mol. The molecule has 3 aliphatic heterocycles. The predicted octanol–water partition coefficient (Wildman–Crippen LogP) is 4.54. The Morgan fingerprint density at radius 1 is 1.00 bits per heavy atom. The Balaban J connectivity index is 1.20. The number of urea groups is 1. The number of nitrogens with one attached hydrogen (secondary N) is 3.